The van der Waals surface area contributed by atoms with Crippen molar-refractivity contribution >= 4 is 12.1 Å². The molecule has 1 fully saturated rings. The third kappa shape index (κ3) is 4.48. The van der Waals surface area contributed by atoms with E-state index in [0.29, 0.717) is 37.8 Å². The van der Waals surface area contributed by atoms with Gasteiger partial charge in [-0.05, 0) is 24.5 Å². The van der Waals surface area contributed by atoms with Crippen LogP contribution < -0.4 is 4.74 Å². The van der Waals surface area contributed by atoms with Gasteiger partial charge < -0.3 is 14.4 Å². The maximum atomic E-state index is 12.0. The van der Waals surface area contributed by atoms with Crippen molar-refractivity contribution in [1.29, 1.82) is 0 Å². The predicted octanol–water partition coefficient (Wildman–Crippen LogP) is 2.71. The van der Waals surface area contributed by atoms with E-state index in [4.69, 9.17) is 9.47 Å². The number of hydrogen-bond acceptors (Lipinski definition) is 4. The van der Waals surface area contributed by atoms with Crippen LogP contribution in [0.1, 0.15) is 20.3 Å². The van der Waals surface area contributed by atoms with Gasteiger partial charge in [0.1, 0.15) is 5.75 Å². The Labute approximate surface area is 124 Å². The van der Waals surface area contributed by atoms with Crippen LogP contribution in [0.4, 0.5) is 4.79 Å². The lowest BCUT2D eigenvalue weighted by atomic mass is 10.1. The first-order chi connectivity index (χ1) is 10.1. The highest BCUT2D eigenvalue weighted by molar-refractivity contribution is 5.76. The molecule has 5 heteroatoms. The molecule has 0 radical (unpaired) electrons. The molecular formula is C16H21NO4. The summed E-state index contributed by atoms with van der Waals surface area (Å²) < 4.78 is 10.5. The van der Waals surface area contributed by atoms with Crippen LogP contribution >= 0.6 is 0 Å². The lowest BCUT2D eigenvalue weighted by Gasteiger charge is -2.16. The van der Waals surface area contributed by atoms with Gasteiger partial charge in [0.15, 0.2) is 0 Å². The fourth-order valence-corrected chi connectivity index (χ4v) is 2.14. The third-order valence-corrected chi connectivity index (χ3v) is 3.29. The molecular weight excluding hydrogens is 270 g/mol. The van der Waals surface area contributed by atoms with E-state index in [2.05, 4.69) is 0 Å². The normalized spacial score (nSPS) is 17.9. The summed E-state index contributed by atoms with van der Waals surface area (Å²) >= 11 is 0. The van der Waals surface area contributed by atoms with E-state index < -0.39 is 6.09 Å². The lowest BCUT2D eigenvalue weighted by Crippen LogP contribution is -2.32. The number of para-hydroxylation sites is 1. The Bertz CT molecular complexity index is 486. The van der Waals surface area contributed by atoms with E-state index in [0.717, 1.165) is 0 Å². The van der Waals surface area contributed by atoms with Gasteiger partial charge in [-0.1, -0.05) is 32.0 Å². The van der Waals surface area contributed by atoms with Crippen LogP contribution in [0, 0.1) is 11.8 Å². The highest BCUT2D eigenvalue weighted by atomic mass is 16.6. The highest BCUT2D eigenvalue weighted by Gasteiger charge is 2.33. The molecule has 0 N–H and O–H groups in total. The Kier molecular flexibility index (Phi) is 5.20. The van der Waals surface area contributed by atoms with Crippen molar-refractivity contribution in [1.82, 2.24) is 4.90 Å². The molecule has 1 saturated heterocycles. The molecule has 0 aromatic heterocycles. The summed E-state index contributed by atoms with van der Waals surface area (Å²) in [4.78, 5) is 25.4. The van der Waals surface area contributed by atoms with E-state index >= 15 is 0 Å². The van der Waals surface area contributed by atoms with Crippen LogP contribution in [0.5, 0.6) is 5.75 Å². The number of carbonyl (C=O) groups is 2. The van der Waals surface area contributed by atoms with Gasteiger partial charge in [0.25, 0.3) is 0 Å². The molecule has 1 unspecified atom stereocenters. The second kappa shape index (κ2) is 7.11. The molecule has 0 aliphatic carbocycles. The van der Waals surface area contributed by atoms with E-state index in [1.807, 2.05) is 19.9 Å². The van der Waals surface area contributed by atoms with Gasteiger partial charge in [0.2, 0.25) is 0 Å². The summed E-state index contributed by atoms with van der Waals surface area (Å²) in [6.07, 6.45) is 0.209. The van der Waals surface area contributed by atoms with Gasteiger partial charge in [-0.15, -0.1) is 0 Å². The van der Waals surface area contributed by atoms with Crippen molar-refractivity contribution in [2.45, 2.75) is 20.3 Å². The molecule has 1 aromatic carbocycles. The standard InChI is InChI=1S/C16H21NO4/c1-12(2)11-20-15(18)13-8-9-17(10-13)16(19)21-14-6-4-3-5-7-14/h3-7,12-13H,8-11H2,1-2H3. The number of nitrogens with zero attached hydrogens (tertiary/aromatic N) is 1. The fraction of sp³-hybridized carbons (Fsp3) is 0.500. The Morgan fingerprint density at radius 1 is 1.29 bits per heavy atom. The van der Waals surface area contributed by atoms with Gasteiger partial charge in [-0.2, -0.15) is 0 Å². The molecule has 2 rings (SSSR count). The van der Waals surface area contributed by atoms with E-state index in [1.54, 1.807) is 29.2 Å². The number of esters is 1. The number of hydrogen-bond donors (Lipinski definition) is 0. The van der Waals surface area contributed by atoms with Gasteiger partial charge in [0.05, 0.1) is 12.5 Å². The number of likely N-dealkylation sites (tertiary alicyclic amines) is 1. The minimum absolute atomic E-state index is 0.223. The zero-order valence-corrected chi connectivity index (χ0v) is 12.5. The van der Waals surface area contributed by atoms with Crippen LogP contribution in [-0.4, -0.2) is 36.7 Å². The minimum atomic E-state index is -0.416. The Morgan fingerprint density at radius 2 is 2.00 bits per heavy atom. The quantitative estimate of drug-likeness (QED) is 0.800. The fourth-order valence-electron chi connectivity index (χ4n) is 2.14. The van der Waals surface area contributed by atoms with Gasteiger partial charge in [-0.3, -0.25) is 4.79 Å². The zero-order valence-electron chi connectivity index (χ0n) is 12.5. The SMILES string of the molecule is CC(C)COC(=O)C1CCN(C(=O)Oc2ccccc2)C1. The van der Waals surface area contributed by atoms with Gasteiger partial charge in [-0.25, -0.2) is 4.79 Å². The zero-order chi connectivity index (χ0) is 15.2. The largest absolute Gasteiger partial charge is 0.465 e. The number of ether oxygens (including phenoxy) is 2. The first-order valence-electron chi connectivity index (χ1n) is 7.24. The Balaban J connectivity index is 1.81. The molecule has 1 aliphatic heterocycles. The molecule has 1 aliphatic rings. The summed E-state index contributed by atoms with van der Waals surface area (Å²) in [7, 11) is 0. The van der Waals surface area contributed by atoms with Crippen molar-refractivity contribution < 1.29 is 19.1 Å². The molecule has 1 aromatic rings. The van der Waals surface area contributed by atoms with Gasteiger partial charge in [0, 0.05) is 13.1 Å². The molecule has 0 spiro atoms. The van der Waals surface area contributed by atoms with Crippen molar-refractivity contribution in [3.8, 4) is 5.75 Å². The van der Waals surface area contributed by atoms with E-state index in [9.17, 15) is 9.59 Å². The molecule has 1 amide bonds. The van der Waals surface area contributed by atoms with Crippen molar-refractivity contribution in [3.05, 3.63) is 30.3 Å². The van der Waals surface area contributed by atoms with Crippen LogP contribution in [0.3, 0.4) is 0 Å². The summed E-state index contributed by atoms with van der Waals surface area (Å²) in [5.74, 6) is 0.355. The first kappa shape index (κ1) is 15.4. The number of benzene rings is 1. The summed E-state index contributed by atoms with van der Waals surface area (Å²) in [5, 5.41) is 0. The van der Waals surface area contributed by atoms with Crippen molar-refractivity contribution in [3.63, 3.8) is 0 Å². The summed E-state index contributed by atoms with van der Waals surface area (Å²) in [6.45, 7) is 5.29. The van der Waals surface area contributed by atoms with Crippen LogP contribution in [-0.2, 0) is 9.53 Å². The molecule has 0 bridgehead atoms. The Hall–Kier alpha value is -2.04. The molecule has 1 heterocycles. The monoisotopic (exact) mass is 291 g/mol. The van der Waals surface area contributed by atoms with Crippen LogP contribution in [0.25, 0.3) is 0 Å². The van der Waals surface area contributed by atoms with Gasteiger partial charge >= 0.3 is 12.1 Å². The van der Waals surface area contributed by atoms with Crippen LogP contribution in [0.2, 0.25) is 0 Å². The topological polar surface area (TPSA) is 55.8 Å². The first-order valence-corrected chi connectivity index (χ1v) is 7.24. The van der Waals surface area contributed by atoms with Crippen LogP contribution in [0.15, 0.2) is 30.3 Å². The number of carbonyl (C=O) groups excluding carboxylic acids is 2. The average molecular weight is 291 g/mol. The molecule has 114 valence electrons. The lowest BCUT2D eigenvalue weighted by molar-refractivity contribution is -0.149. The van der Waals surface area contributed by atoms with Crippen molar-refractivity contribution in [2.24, 2.45) is 11.8 Å². The average Bonchev–Trinajstić information content (AvgIpc) is 2.95. The van der Waals surface area contributed by atoms with E-state index in [-0.39, 0.29) is 11.9 Å². The van der Waals surface area contributed by atoms with Crippen molar-refractivity contribution in [2.75, 3.05) is 19.7 Å². The molecule has 21 heavy (non-hydrogen) atoms. The second-order valence-corrected chi connectivity index (χ2v) is 5.64. The second-order valence-electron chi connectivity index (χ2n) is 5.64. The molecule has 5 nitrogen and oxygen atoms in total. The minimum Gasteiger partial charge on any atom is -0.465 e. The highest BCUT2D eigenvalue weighted by Crippen LogP contribution is 2.20. The molecule has 0 saturated carbocycles. The summed E-state index contributed by atoms with van der Waals surface area (Å²) in [5.41, 5.74) is 0. The maximum Gasteiger partial charge on any atom is 0.415 e. The number of rotatable bonds is 4. The Morgan fingerprint density at radius 3 is 2.67 bits per heavy atom. The maximum absolute atomic E-state index is 12.0. The summed E-state index contributed by atoms with van der Waals surface area (Å²) in [6, 6.07) is 8.91. The third-order valence-electron chi connectivity index (χ3n) is 3.29. The number of amides is 1. The van der Waals surface area contributed by atoms with E-state index in [1.165, 1.54) is 0 Å². The predicted molar refractivity (Wildman–Crippen MR) is 77.9 cm³/mol. The molecule has 1 atom stereocenters. The smallest absolute Gasteiger partial charge is 0.415 e.